The Labute approximate surface area is 251 Å². The van der Waals surface area contributed by atoms with Crippen molar-refractivity contribution >= 4 is 34.3 Å². The summed E-state index contributed by atoms with van der Waals surface area (Å²) in [6.45, 7) is 0.861. The topological polar surface area (TPSA) is 133 Å². The lowest BCUT2D eigenvalue weighted by Gasteiger charge is -2.25. The number of aryl methyl sites for hydroxylation is 3. The summed E-state index contributed by atoms with van der Waals surface area (Å²) in [5, 5.41) is 26.0. The SMILES string of the molecule is O=C(/C=C/[C@H](CCc1ccccc1)NC(=O)[C@@H]1CCCCN1)Nc1nnc(CCc2ccccc2)s1.O=C(O)C(F)(F)F. The summed E-state index contributed by atoms with van der Waals surface area (Å²) in [5.41, 5.74) is 2.44. The Kier molecular flexibility index (Phi) is 13.3. The lowest BCUT2D eigenvalue weighted by atomic mass is 10.0. The average Bonchev–Trinajstić information content (AvgIpc) is 3.45. The van der Waals surface area contributed by atoms with Gasteiger partial charge in [0.2, 0.25) is 16.9 Å². The first kappa shape index (κ1) is 33.4. The molecule has 0 bridgehead atoms. The minimum atomic E-state index is -5.08. The molecule has 1 aromatic heterocycles. The average molecular weight is 618 g/mol. The molecule has 9 nitrogen and oxygen atoms in total. The van der Waals surface area contributed by atoms with Crippen molar-refractivity contribution in [3.63, 3.8) is 0 Å². The quantitative estimate of drug-likeness (QED) is 0.229. The van der Waals surface area contributed by atoms with Crippen molar-refractivity contribution in [2.75, 3.05) is 11.9 Å². The van der Waals surface area contributed by atoms with Gasteiger partial charge in [-0.3, -0.25) is 14.9 Å². The summed E-state index contributed by atoms with van der Waals surface area (Å²) in [5.74, 6) is -3.05. The van der Waals surface area contributed by atoms with E-state index in [4.69, 9.17) is 9.90 Å². The fourth-order valence-electron chi connectivity index (χ4n) is 4.19. The van der Waals surface area contributed by atoms with Crippen LogP contribution >= 0.6 is 11.3 Å². The normalized spacial score (nSPS) is 15.7. The molecular formula is C30H34F3N5O4S. The molecule has 0 unspecified atom stereocenters. The number of carbonyl (C=O) groups is 3. The second-order valence-corrected chi connectivity index (χ2v) is 10.8. The Morgan fingerprint density at radius 2 is 1.60 bits per heavy atom. The van der Waals surface area contributed by atoms with E-state index >= 15 is 0 Å². The number of carbonyl (C=O) groups excluding carboxylic acids is 2. The summed E-state index contributed by atoms with van der Waals surface area (Å²) in [4.78, 5) is 34.3. The van der Waals surface area contributed by atoms with Crippen LogP contribution in [-0.2, 0) is 33.6 Å². The van der Waals surface area contributed by atoms with Gasteiger partial charge in [0.05, 0.1) is 6.04 Å². The lowest BCUT2D eigenvalue weighted by molar-refractivity contribution is -0.192. The number of aliphatic carboxylic acids is 1. The fourth-order valence-corrected chi connectivity index (χ4v) is 4.94. The summed E-state index contributed by atoms with van der Waals surface area (Å²) >= 11 is 1.39. The number of nitrogens with zero attached hydrogens (tertiary/aromatic N) is 2. The third kappa shape index (κ3) is 12.7. The predicted molar refractivity (Wildman–Crippen MR) is 158 cm³/mol. The molecule has 1 aliphatic heterocycles. The number of hydrogen-bond donors (Lipinski definition) is 4. The van der Waals surface area contributed by atoms with E-state index in [-0.39, 0.29) is 23.9 Å². The lowest BCUT2D eigenvalue weighted by Crippen LogP contribution is -2.49. The predicted octanol–water partition coefficient (Wildman–Crippen LogP) is 4.71. The van der Waals surface area contributed by atoms with Gasteiger partial charge in [0.25, 0.3) is 0 Å². The number of hydrogen-bond acceptors (Lipinski definition) is 7. The zero-order chi connectivity index (χ0) is 31.1. The van der Waals surface area contributed by atoms with Crippen LogP contribution in [0.3, 0.4) is 0 Å². The standard InChI is InChI=1S/C28H33N5O2S.C2HF3O2/c34-25(31-28-33-32-26(36-28)19-15-22-11-5-2-6-12-22)18-17-23(16-14-21-9-3-1-4-10-21)30-27(35)24-13-7-8-20-29-24;3-2(4,5)1(6)7/h1-6,9-12,17-18,23-24,29H,7-8,13-16,19-20H2,(H,30,35)(H,31,33,34);(H,6,7)/b18-17+;/t23-,24-;/m0./s1. The molecule has 1 aliphatic rings. The van der Waals surface area contributed by atoms with Crippen LogP contribution in [0.1, 0.15) is 41.8 Å². The molecule has 230 valence electrons. The first-order chi connectivity index (χ1) is 20.6. The van der Waals surface area contributed by atoms with Crippen LogP contribution in [0.25, 0.3) is 0 Å². The molecule has 2 heterocycles. The van der Waals surface area contributed by atoms with Gasteiger partial charge in [0.1, 0.15) is 5.01 Å². The molecule has 2 amide bonds. The molecule has 0 saturated carbocycles. The number of benzene rings is 2. The molecular weight excluding hydrogens is 583 g/mol. The van der Waals surface area contributed by atoms with Crippen LogP contribution < -0.4 is 16.0 Å². The van der Waals surface area contributed by atoms with E-state index in [0.29, 0.717) is 11.6 Å². The molecule has 4 N–H and O–H groups in total. The molecule has 2 aromatic carbocycles. The van der Waals surface area contributed by atoms with Crippen LogP contribution in [0.2, 0.25) is 0 Å². The molecule has 0 aliphatic carbocycles. The Morgan fingerprint density at radius 3 is 2.19 bits per heavy atom. The van der Waals surface area contributed by atoms with Crippen molar-refractivity contribution < 1.29 is 32.7 Å². The molecule has 1 saturated heterocycles. The van der Waals surface area contributed by atoms with Crippen LogP contribution in [0.4, 0.5) is 18.3 Å². The van der Waals surface area contributed by atoms with Crippen molar-refractivity contribution in [2.45, 2.75) is 63.2 Å². The van der Waals surface area contributed by atoms with Crippen LogP contribution in [-0.4, -0.2) is 57.9 Å². The number of rotatable bonds is 11. The summed E-state index contributed by atoms with van der Waals surface area (Å²) < 4.78 is 31.7. The fraction of sp³-hybridized carbons (Fsp3) is 0.367. The van der Waals surface area contributed by atoms with E-state index in [0.717, 1.165) is 50.1 Å². The zero-order valence-electron chi connectivity index (χ0n) is 23.3. The molecule has 0 radical (unpaired) electrons. The largest absolute Gasteiger partial charge is 0.490 e. The van der Waals surface area contributed by atoms with Gasteiger partial charge in [-0.05, 0) is 49.8 Å². The van der Waals surface area contributed by atoms with Crippen molar-refractivity contribution in [1.29, 1.82) is 0 Å². The van der Waals surface area contributed by atoms with Gasteiger partial charge in [-0.2, -0.15) is 13.2 Å². The Morgan fingerprint density at radius 1 is 0.977 bits per heavy atom. The maximum Gasteiger partial charge on any atom is 0.490 e. The number of piperidine rings is 1. The monoisotopic (exact) mass is 617 g/mol. The van der Waals surface area contributed by atoms with E-state index < -0.39 is 12.1 Å². The van der Waals surface area contributed by atoms with Gasteiger partial charge in [-0.15, -0.1) is 10.2 Å². The third-order valence-electron chi connectivity index (χ3n) is 6.43. The number of alkyl halides is 3. The van der Waals surface area contributed by atoms with Crippen LogP contribution in [0, 0.1) is 0 Å². The van der Waals surface area contributed by atoms with Gasteiger partial charge >= 0.3 is 12.1 Å². The second kappa shape index (κ2) is 17.1. The first-order valence-electron chi connectivity index (χ1n) is 13.8. The van der Waals surface area contributed by atoms with Crippen molar-refractivity contribution in [2.24, 2.45) is 0 Å². The summed E-state index contributed by atoms with van der Waals surface area (Å²) in [6, 6.07) is 20.0. The van der Waals surface area contributed by atoms with Crippen molar-refractivity contribution in [3.05, 3.63) is 89.0 Å². The highest BCUT2D eigenvalue weighted by Gasteiger charge is 2.38. The molecule has 0 spiro atoms. The molecule has 3 aromatic rings. The van der Waals surface area contributed by atoms with E-state index in [1.165, 1.54) is 28.5 Å². The second-order valence-electron chi connectivity index (χ2n) is 9.78. The Bertz CT molecular complexity index is 1330. The summed E-state index contributed by atoms with van der Waals surface area (Å²) in [6.07, 6.45) is 4.31. The maximum atomic E-state index is 12.8. The van der Waals surface area contributed by atoms with Gasteiger partial charge in [-0.25, -0.2) is 4.79 Å². The number of amides is 2. The van der Waals surface area contributed by atoms with Gasteiger partial charge in [-0.1, -0.05) is 84.5 Å². The number of anilines is 1. The minimum Gasteiger partial charge on any atom is -0.475 e. The Hall–Kier alpha value is -4.10. The van der Waals surface area contributed by atoms with Crippen molar-refractivity contribution in [1.82, 2.24) is 20.8 Å². The third-order valence-corrected chi connectivity index (χ3v) is 7.33. The molecule has 2 atom stereocenters. The number of carboxylic acid groups (broad SMARTS) is 1. The molecule has 13 heteroatoms. The highest BCUT2D eigenvalue weighted by atomic mass is 32.1. The summed E-state index contributed by atoms with van der Waals surface area (Å²) in [7, 11) is 0. The van der Waals surface area contributed by atoms with Crippen LogP contribution in [0.5, 0.6) is 0 Å². The Balaban J connectivity index is 0.000000646. The van der Waals surface area contributed by atoms with Gasteiger partial charge < -0.3 is 15.7 Å². The zero-order valence-corrected chi connectivity index (χ0v) is 24.2. The number of halogens is 3. The van der Waals surface area contributed by atoms with E-state index in [1.807, 2.05) is 36.4 Å². The molecule has 4 rings (SSSR count). The van der Waals surface area contributed by atoms with Crippen LogP contribution in [0.15, 0.2) is 72.8 Å². The number of aromatic nitrogens is 2. The highest BCUT2D eigenvalue weighted by molar-refractivity contribution is 7.15. The van der Waals surface area contributed by atoms with Crippen molar-refractivity contribution in [3.8, 4) is 0 Å². The minimum absolute atomic E-state index is 0.00926. The highest BCUT2D eigenvalue weighted by Crippen LogP contribution is 2.18. The first-order valence-corrected chi connectivity index (χ1v) is 14.6. The van der Waals surface area contributed by atoms with E-state index in [9.17, 15) is 22.8 Å². The number of carboxylic acids is 1. The molecule has 1 fully saturated rings. The number of nitrogens with one attached hydrogen (secondary N) is 3. The smallest absolute Gasteiger partial charge is 0.475 e. The van der Waals surface area contributed by atoms with E-state index in [1.54, 1.807) is 6.08 Å². The van der Waals surface area contributed by atoms with Gasteiger partial charge in [0, 0.05) is 18.5 Å². The van der Waals surface area contributed by atoms with Gasteiger partial charge in [0.15, 0.2) is 0 Å². The molecule has 43 heavy (non-hydrogen) atoms. The van der Waals surface area contributed by atoms with E-state index in [2.05, 4.69) is 50.4 Å². The maximum absolute atomic E-state index is 12.8.